The first-order valence-corrected chi connectivity index (χ1v) is 8.23. The van der Waals surface area contributed by atoms with E-state index in [1.54, 1.807) is 0 Å². The smallest absolute Gasteiger partial charge is 0.262 e. The molecule has 7 heteroatoms. The van der Waals surface area contributed by atoms with Crippen LogP contribution in [-0.2, 0) is 6.42 Å². The van der Waals surface area contributed by atoms with Gasteiger partial charge in [-0.1, -0.05) is 36.7 Å². The molecule has 3 aromatic rings. The molecule has 0 spiro atoms. The van der Waals surface area contributed by atoms with Crippen LogP contribution >= 0.6 is 11.6 Å². The Morgan fingerprint density at radius 1 is 1.12 bits per heavy atom. The van der Waals surface area contributed by atoms with Crippen LogP contribution < -0.4 is 5.32 Å². The molecule has 2 aromatic carbocycles. The highest BCUT2D eigenvalue weighted by molar-refractivity contribution is 6.33. The largest absolute Gasteiger partial charge is 0.305 e. The molecule has 0 atom stereocenters. The molecule has 0 unspecified atom stereocenters. The van der Waals surface area contributed by atoms with Crippen LogP contribution in [0, 0.1) is 11.6 Å². The molecule has 0 aliphatic rings. The molecule has 0 bridgehead atoms. The molecule has 1 aromatic heterocycles. The maximum absolute atomic E-state index is 13.6. The van der Waals surface area contributed by atoms with Crippen LogP contribution in [0.15, 0.2) is 48.8 Å². The minimum absolute atomic E-state index is 0.0719. The average Bonchev–Trinajstić information content (AvgIpc) is 2.62. The fourth-order valence-corrected chi connectivity index (χ4v) is 2.71. The number of aryl methyl sites for hydroxylation is 1. The highest BCUT2D eigenvalue weighted by Gasteiger charge is 2.17. The third-order valence-electron chi connectivity index (χ3n) is 3.80. The van der Waals surface area contributed by atoms with Gasteiger partial charge >= 0.3 is 0 Å². The molecule has 0 radical (unpaired) electrons. The molecular weight excluding hydrogens is 360 g/mol. The number of rotatable bonds is 4. The number of hydrogen-bond donors (Lipinski definition) is 1. The van der Waals surface area contributed by atoms with E-state index in [-0.39, 0.29) is 5.82 Å². The maximum Gasteiger partial charge on any atom is 0.262 e. The summed E-state index contributed by atoms with van der Waals surface area (Å²) in [5.74, 6) is -2.76. The summed E-state index contributed by atoms with van der Waals surface area (Å²) in [6, 6.07) is 8.85. The first kappa shape index (κ1) is 17.9. The van der Waals surface area contributed by atoms with E-state index in [1.165, 1.54) is 18.5 Å². The van der Waals surface area contributed by atoms with Gasteiger partial charge in [-0.2, -0.15) is 0 Å². The van der Waals surface area contributed by atoms with Crippen LogP contribution in [0.25, 0.3) is 11.3 Å². The highest BCUT2D eigenvalue weighted by Crippen LogP contribution is 2.27. The predicted molar refractivity (Wildman–Crippen MR) is 96.2 cm³/mol. The molecule has 0 saturated carbocycles. The number of anilines is 1. The van der Waals surface area contributed by atoms with Crippen LogP contribution in [-0.4, -0.2) is 15.9 Å². The minimum atomic E-state index is -0.949. The molecule has 0 aliphatic heterocycles. The molecule has 1 amide bonds. The molecule has 1 N–H and O–H groups in total. The summed E-state index contributed by atoms with van der Waals surface area (Å²) in [5.41, 5.74) is 1.65. The number of carbonyl (C=O) groups is 1. The summed E-state index contributed by atoms with van der Waals surface area (Å²) in [6.45, 7) is 2.03. The van der Waals surface area contributed by atoms with Crippen molar-refractivity contribution in [3.05, 3.63) is 76.6 Å². The molecule has 0 fully saturated rings. The summed E-state index contributed by atoms with van der Waals surface area (Å²) >= 11 is 6.26. The van der Waals surface area contributed by atoms with Crippen LogP contribution in [0.2, 0.25) is 5.02 Å². The number of halogens is 3. The van der Waals surface area contributed by atoms with Crippen molar-refractivity contribution in [2.45, 2.75) is 13.3 Å². The Morgan fingerprint density at radius 3 is 2.42 bits per heavy atom. The van der Waals surface area contributed by atoms with Gasteiger partial charge in [0.15, 0.2) is 5.82 Å². The number of hydrogen-bond acceptors (Lipinski definition) is 3. The van der Waals surface area contributed by atoms with Crippen molar-refractivity contribution in [1.82, 2.24) is 9.97 Å². The van der Waals surface area contributed by atoms with Gasteiger partial charge in [-0.15, -0.1) is 0 Å². The maximum atomic E-state index is 13.6. The standard InChI is InChI=1S/C19H14ClF2N3O/c1-2-11-6-7-12(13(20)8-11)16-9-24-17(10-23-16)25-19(26)18-14(21)4-3-5-15(18)22/h3-10H,2H2,1H3,(H,24,25,26). The van der Waals surface area contributed by atoms with Crippen molar-refractivity contribution in [3.8, 4) is 11.3 Å². The molecule has 0 saturated heterocycles. The topological polar surface area (TPSA) is 54.9 Å². The number of aromatic nitrogens is 2. The number of nitrogens with one attached hydrogen (secondary N) is 1. The third kappa shape index (κ3) is 3.70. The fraction of sp³-hybridized carbons (Fsp3) is 0.105. The fourth-order valence-electron chi connectivity index (χ4n) is 2.41. The van der Waals surface area contributed by atoms with Gasteiger partial charge in [0.05, 0.1) is 23.1 Å². The zero-order chi connectivity index (χ0) is 18.7. The zero-order valence-electron chi connectivity index (χ0n) is 13.8. The van der Waals surface area contributed by atoms with Gasteiger partial charge in [0.25, 0.3) is 5.91 Å². The third-order valence-corrected chi connectivity index (χ3v) is 4.11. The lowest BCUT2D eigenvalue weighted by molar-refractivity contribution is 0.101. The minimum Gasteiger partial charge on any atom is -0.305 e. The van der Waals surface area contributed by atoms with Crippen LogP contribution in [0.4, 0.5) is 14.6 Å². The molecule has 4 nitrogen and oxygen atoms in total. The summed E-state index contributed by atoms with van der Waals surface area (Å²) in [6.07, 6.45) is 3.60. The number of nitrogens with zero attached hydrogens (tertiary/aromatic N) is 2. The van der Waals surface area contributed by atoms with Crippen LogP contribution in [0.1, 0.15) is 22.8 Å². The first-order chi connectivity index (χ1) is 12.5. The second-order valence-corrected chi connectivity index (χ2v) is 5.91. The Balaban J connectivity index is 1.81. The van der Waals surface area contributed by atoms with E-state index in [4.69, 9.17) is 11.6 Å². The van der Waals surface area contributed by atoms with Gasteiger partial charge in [-0.25, -0.2) is 13.8 Å². The van der Waals surface area contributed by atoms with E-state index in [2.05, 4.69) is 15.3 Å². The summed E-state index contributed by atoms with van der Waals surface area (Å²) < 4.78 is 27.3. The van der Waals surface area contributed by atoms with Gasteiger partial charge in [0.2, 0.25) is 0 Å². The van der Waals surface area contributed by atoms with E-state index in [0.717, 1.165) is 24.1 Å². The Bertz CT molecular complexity index is 941. The molecule has 1 heterocycles. The van der Waals surface area contributed by atoms with Crippen molar-refractivity contribution >= 4 is 23.3 Å². The number of carbonyl (C=O) groups excluding carboxylic acids is 1. The first-order valence-electron chi connectivity index (χ1n) is 7.85. The Hall–Kier alpha value is -2.86. The monoisotopic (exact) mass is 373 g/mol. The molecular formula is C19H14ClF2N3O. The second kappa shape index (κ2) is 7.58. The highest BCUT2D eigenvalue weighted by atomic mass is 35.5. The number of amides is 1. The van der Waals surface area contributed by atoms with E-state index in [9.17, 15) is 13.6 Å². The lowest BCUT2D eigenvalue weighted by Gasteiger charge is -2.08. The van der Waals surface area contributed by atoms with E-state index in [1.807, 2.05) is 25.1 Å². The van der Waals surface area contributed by atoms with E-state index in [0.29, 0.717) is 16.3 Å². The van der Waals surface area contributed by atoms with E-state index >= 15 is 0 Å². The Labute approximate surface area is 153 Å². The Kier molecular flexibility index (Phi) is 5.23. The van der Waals surface area contributed by atoms with Crippen LogP contribution in [0.3, 0.4) is 0 Å². The Morgan fingerprint density at radius 2 is 1.85 bits per heavy atom. The van der Waals surface area contributed by atoms with Crippen LogP contribution in [0.5, 0.6) is 0 Å². The van der Waals surface area contributed by atoms with Crippen molar-refractivity contribution in [2.24, 2.45) is 0 Å². The molecule has 132 valence electrons. The van der Waals surface area contributed by atoms with Crippen molar-refractivity contribution in [3.63, 3.8) is 0 Å². The van der Waals surface area contributed by atoms with Crippen molar-refractivity contribution in [2.75, 3.05) is 5.32 Å². The second-order valence-electron chi connectivity index (χ2n) is 5.51. The summed E-state index contributed by atoms with van der Waals surface area (Å²) in [7, 11) is 0. The van der Waals surface area contributed by atoms with Gasteiger partial charge in [-0.3, -0.25) is 9.78 Å². The molecule has 26 heavy (non-hydrogen) atoms. The quantitative estimate of drug-likeness (QED) is 0.708. The van der Waals surface area contributed by atoms with Gasteiger partial charge < -0.3 is 5.32 Å². The average molecular weight is 374 g/mol. The van der Waals surface area contributed by atoms with Gasteiger partial charge in [-0.05, 0) is 30.2 Å². The number of benzene rings is 2. The van der Waals surface area contributed by atoms with E-state index < -0.39 is 23.1 Å². The lowest BCUT2D eigenvalue weighted by Crippen LogP contribution is -2.16. The molecule has 3 rings (SSSR count). The summed E-state index contributed by atoms with van der Waals surface area (Å²) in [5, 5.41) is 2.87. The van der Waals surface area contributed by atoms with Gasteiger partial charge in [0, 0.05) is 5.56 Å². The zero-order valence-corrected chi connectivity index (χ0v) is 14.5. The molecule has 0 aliphatic carbocycles. The SMILES string of the molecule is CCc1ccc(-c2cnc(NC(=O)c3c(F)cccc3F)cn2)c(Cl)c1. The van der Waals surface area contributed by atoms with Crippen molar-refractivity contribution < 1.29 is 13.6 Å². The van der Waals surface area contributed by atoms with Gasteiger partial charge in [0.1, 0.15) is 17.2 Å². The predicted octanol–water partition coefficient (Wildman–Crippen LogP) is 4.89. The lowest BCUT2D eigenvalue weighted by atomic mass is 10.1. The normalized spacial score (nSPS) is 10.6. The summed E-state index contributed by atoms with van der Waals surface area (Å²) in [4.78, 5) is 20.3. The van der Waals surface area contributed by atoms with Crippen molar-refractivity contribution in [1.29, 1.82) is 0 Å².